The van der Waals surface area contributed by atoms with Gasteiger partial charge in [-0.1, -0.05) is 133 Å². The fourth-order valence-corrected chi connectivity index (χ4v) is 10.2. The molecule has 0 radical (unpaired) electrons. The Kier molecular flexibility index (Phi) is 5.96. The molecule has 3 heterocycles. The van der Waals surface area contributed by atoms with Gasteiger partial charge in [0.2, 0.25) is 0 Å². The molecule has 0 N–H and O–H groups in total. The highest BCUT2D eigenvalue weighted by Gasteiger charge is 2.21. The van der Waals surface area contributed by atoms with Crippen LogP contribution in [0, 0.1) is 0 Å². The molecule has 0 bridgehead atoms. The van der Waals surface area contributed by atoms with Crippen molar-refractivity contribution < 1.29 is 0 Å². The molecule has 3 aromatic heterocycles. The molecule has 53 heavy (non-hydrogen) atoms. The fraction of sp³-hybridized carbons (Fsp3) is 0. The Morgan fingerprint density at radius 2 is 0.962 bits per heavy atom. The number of hydrogen-bond donors (Lipinski definition) is 0. The van der Waals surface area contributed by atoms with Crippen LogP contribution in [0.5, 0.6) is 0 Å². The van der Waals surface area contributed by atoms with Crippen LogP contribution in [0.15, 0.2) is 182 Å². The minimum absolute atomic E-state index is 1.19. The summed E-state index contributed by atoms with van der Waals surface area (Å²) in [6.45, 7) is 0. The Morgan fingerprint density at radius 3 is 1.85 bits per heavy atom. The third-order valence-corrected chi connectivity index (χ3v) is 12.6. The maximum atomic E-state index is 2.45. The number of fused-ring (bicyclic) bond motifs is 13. The summed E-state index contributed by atoms with van der Waals surface area (Å²) in [6, 6.07) is 62.7. The summed E-state index contributed by atoms with van der Waals surface area (Å²) in [4.78, 5) is 0. The Balaban J connectivity index is 1.22. The molecular formula is C50H30N2S. The lowest BCUT2D eigenvalue weighted by Crippen LogP contribution is -1.97. The second-order valence-corrected chi connectivity index (χ2v) is 15.1. The van der Waals surface area contributed by atoms with Crippen molar-refractivity contribution in [3.63, 3.8) is 0 Å². The van der Waals surface area contributed by atoms with Crippen molar-refractivity contribution in [2.75, 3.05) is 0 Å². The monoisotopic (exact) mass is 690 g/mol. The number of nitrogens with zero attached hydrogens (tertiary/aromatic N) is 2. The van der Waals surface area contributed by atoms with Crippen molar-refractivity contribution >= 4 is 96.4 Å². The summed E-state index contributed by atoms with van der Waals surface area (Å²) < 4.78 is 7.52. The molecule has 246 valence electrons. The Bertz CT molecular complexity index is 3460. The van der Waals surface area contributed by atoms with E-state index in [2.05, 4.69) is 191 Å². The first-order chi connectivity index (χ1) is 26.3. The van der Waals surface area contributed by atoms with Crippen molar-refractivity contribution in [3.8, 4) is 22.5 Å². The van der Waals surface area contributed by atoms with Crippen LogP contribution in [0.4, 0.5) is 0 Å². The molecule has 0 saturated heterocycles. The third-order valence-electron chi connectivity index (χ3n) is 11.3. The summed E-state index contributed by atoms with van der Waals surface area (Å²) in [7, 11) is 0. The molecule has 0 aliphatic heterocycles. The second-order valence-electron chi connectivity index (χ2n) is 14.1. The van der Waals surface area contributed by atoms with Gasteiger partial charge in [-0.25, -0.2) is 0 Å². The van der Waals surface area contributed by atoms with Gasteiger partial charge >= 0.3 is 0 Å². The fourth-order valence-electron chi connectivity index (χ4n) is 9.00. The van der Waals surface area contributed by atoms with E-state index in [1.807, 2.05) is 11.3 Å². The average molecular weight is 691 g/mol. The highest BCUT2D eigenvalue weighted by Crippen LogP contribution is 2.44. The maximum absolute atomic E-state index is 2.45. The van der Waals surface area contributed by atoms with Crippen LogP contribution in [-0.4, -0.2) is 9.13 Å². The summed E-state index contributed by atoms with van der Waals surface area (Å²) in [5, 5.41) is 15.2. The average Bonchev–Trinajstić information content (AvgIpc) is 3.96. The molecule has 0 spiro atoms. The van der Waals surface area contributed by atoms with E-state index in [0.29, 0.717) is 0 Å². The standard InChI is InChI=1S/C50H30N2S/c1-3-14-35-31(10-1)12-7-17-36(35)34-24-25-39-43(30-34)40-26-28-51(44-19-8-13-33-23-22-32-11-2-4-15-37(32)47(33)44)49(40)42-27-29-52(48(39)42)45-20-9-18-41-38-16-5-6-21-46(38)53-50(41)45/h1-30H. The number of rotatable bonds is 3. The van der Waals surface area contributed by atoms with Crippen molar-refractivity contribution in [3.05, 3.63) is 182 Å². The normalized spacial score (nSPS) is 12.2. The Morgan fingerprint density at radius 1 is 0.358 bits per heavy atom. The predicted molar refractivity (Wildman–Crippen MR) is 228 cm³/mol. The highest BCUT2D eigenvalue weighted by molar-refractivity contribution is 7.26. The first kappa shape index (κ1) is 29.0. The second kappa shape index (κ2) is 10.9. The van der Waals surface area contributed by atoms with Gasteiger partial charge in [-0.2, -0.15) is 0 Å². The van der Waals surface area contributed by atoms with E-state index in [4.69, 9.17) is 0 Å². The van der Waals surface area contributed by atoms with Gasteiger partial charge in [0.15, 0.2) is 0 Å². The largest absolute Gasteiger partial charge is 0.315 e. The van der Waals surface area contributed by atoms with Gasteiger partial charge in [-0.3, -0.25) is 0 Å². The van der Waals surface area contributed by atoms with E-state index in [1.165, 1.54) is 108 Å². The number of hydrogen-bond acceptors (Lipinski definition) is 1. The molecule has 0 saturated carbocycles. The molecule has 0 aliphatic rings. The van der Waals surface area contributed by atoms with Crippen LogP contribution in [-0.2, 0) is 0 Å². The summed E-state index contributed by atoms with van der Waals surface area (Å²) in [6.07, 6.45) is 4.58. The van der Waals surface area contributed by atoms with Crippen LogP contribution in [0.3, 0.4) is 0 Å². The van der Waals surface area contributed by atoms with E-state index >= 15 is 0 Å². The van der Waals surface area contributed by atoms with E-state index < -0.39 is 0 Å². The van der Waals surface area contributed by atoms with E-state index in [0.717, 1.165) is 0 Å². The van der Waals surface area contributed by atoms with Crippen molar-refractivity contribution in [1.82, 2.24) is 9.13 Å². The van der Waals surface area contributed by atoms with Gasteiger partial charge in [0.05, 0.1) is 27.1 Å². The lowest BCUT2D eigenvalue weighted by molar-refractivity contribution is 1.15. The van der Waals surface area contributed by atoms with Crippen LogP contribution < -0.4 is 0 Å². The van der Waals surface area contributed by atoms with Crippen LogP contribution in [0.1, 0.15) is 0 Å². The number of benzene rings is 9. The molecule has 0 fully saturated rings. The third kappa shape index (κ3) is 4.08. The molecule has 2 nitrogen and oxygen atoms in total. The first-order valence-electron chi connectivity index (χ1n) is 18.2. The molecule has 0 aliphatic carbocycles. The minimum Gasteiger partial charge on any atom is -0.315 e. The topological polar surface area (TPSA) is 9.86 Å². The summed E-state index contributed by atoms with van der Waals surface area (Å²) in [5.74, 6) is 0. The van der Waals surface area contributed by atoms with Gasteiger partial charge in [0, 0.05) is 49.4 Å². The lowest BCUT2D eigenvalue weighted by Gasteiger charge is -2.16. The zero-order valence-corrected chi connectivity index (χ0v) is 29.4. The maximum Gasteiger partial charge on any atom is 0.0634 e. The van der Waals surface area contributed by atoms with E-state index in [1.54, 1.807) is 0 Å². The molecule has 12 aromatic rings. The number of thiophene rings is 1. The lowest BCUT2D eigenvalue weighted by atomic mass is 9.94. The molecule has 0 atom stereocenters. The van der Waals surface area contributed by atoms with Crippen molar-refractivity contribution in [2.45, 2.75) is 0 Å². The smallest absolute Gasteiger partial charge is 0.0634 e. The molecule has 9 aromatic carbocycles. The van der Waals surface area contributed by atoms with Crippen molar-refractivity contribution in [1.29, 1.82) is 0 Å². The summed E-state index contributed by atoms with van der Waals surface area (Å²) >= 11 is 1.88. The van der Waals surface area contributed by atoms with Crippen molar-refractivity contribution in [2.24, 2.45) is 0 Å². The van der Waals surface area contributed by atoms with Gasteiger partial charge < -0.3 is 9.13 Å². The molecule has 3 heteroatoms. The molecular weight excluding hydrogens is 661 g/mol. The predicted octanol–water partition coefficient (Wildman–Crippen LogP) is 14.2. The number of aromatic nitrogens is 2. The molecule has 0 unspecified atom stereocenters. The van der Waals surface area contributed by atoms with Crippen LogP contribution in [0.2, 0.25) is 0 Å². The zero-order valence-electron chi connectivity index (χ0n) is 28.6. The molecule has 0 amide bonds. The molecule has 12 rings (SSSR count). The SMILES string of the molecule is c1ccc2c(-c3ccc4c(c3)c3ccn(-c5cccc6ccc7ccccc7c56)c3c3ccn(-c5cccc6c5sc5ccccc56)c43)cccc2c1. The zero-order chi connectivity index (χ0) is 34.6. The van der Waals surface area contributed by atoms with Gasteiger partial charge in [0.1, 0.15) is 0 Å². The van der Waals surface area contributed by atoms with Gasteiger partial charge in [0.25, 0.3) is 0 Å². The van der Waals surface area contributed by atoms with E-state index in [9.17, 15) is 0 Å². The van der Waals surface area contributed by atoms with Crippen LogP contribution in [0.25, 0.3) is 108 Å². The minimum atomic E-state index is 1.19. The van der Waals surface area contributed by atoms with Gasteiger partial charge in [-0.05, 0) is 79.8 Å². The first-order valence-corrected chi connectivity index (χ1v) is 19.0. The highest BCUT2D eigenvalue weighted by atomic mass is 32.1. The van der Waals surface area contributed by atoms with Crippen LogP contribution >= 0.6 is 11.3 Å². The quantitative estimate of drug-likeness (QED) is 0.163. The Labute approximate surface area is 309 Å². The van der Waals surface area contributed by atoms with Gasteiger partial charge in [-0.15, -0.1) is 11.3 Å². The Hall–Kier alpha value is -6.68. The summed E-state index contributed by atoms with van der Waals surface area (Å²) in [5.41, 5.74) is 7.34. The van der Waals surface area contributed by atoms with E-state index in [-0.39, 0.29) is 0 Å².